The number of ether oxygens (including phenoxy) is 3. The Balaban J connectivity index is 1.32. The molecule has 9 nitrogen and oxygen atoms in total. The number of benzene rings is 2. The lowest BCUT2D eigenvalue weighted by Crippen LogP contribution is -2.48. The molecule has 0 bridgehead atoms. The SMILES string of the molecule is CC(C)[C@H](OC(N)=O)C(=O)N1CCC(COc2ccc(-c3ccc4c(c3)OCS4(=O)=O)cc2F)CC1. The molecule has 2 heterocycles. The van der Waals surface area contributed by atoms with Gasteiger partial charge in [-0.1, -0.05) is 26.0 Å². The van der Waals surface area contributed by atoms with Crippen molar-refractivity contribution in [1.29, 1.82) is 0 Å². The summed E-state index contributed by atoms with van der Waals surface area (Å²) in [7, 11) is -3.42. The fraction of sp³-hybridized carbons (Fsp3) is 0.440. The molecule has 0 saturated carbocycles. The van der Waals surface area contributed by atoms with Crippen LogP contribution in [0.3, 0.4) is 0 Å². The highest BCUT2D eigenvalue weighted by Gasteiger charge is 2.33. The summed E-state index contributed by atoms with van der Waals surface area (Å²) >= 11 is 0. The van der Waals surface area contributed by atoms with Gasteiger partial charge in [-0.05, 0) is 60.1 Å². The maximum absolute atomic E-state index is 14.8. The van der Waals surface area contributed by atoms with E-state index in [2.05, 4.69) is 0 Å². The zero-order valence-electron chi connectivity index (χ0n) is 20.1. The molecule has 2 aromatic rings. The second-order valence-corrected chi connectivity index (χ2v) is 11.3. The van der Waals surface area contributed by atoms with Gasteiger partial charge in [0.25, 0.3) is 5.91 Å². The molecule has 2 aliphatic rings. The molecule has 2 aliphatic heterocycles. The predicted molar refractivity (Wildman–Crippen MR) is 129 cm³/mol. The highest BCUT2D eigenvalue weighted by Crippen LogP contribution is 2.36. The molecule has 0 aliphatic carbocycles. The van der Waals surface area contributed by atoms with Crippen LogP contribution in [0.4, 0.5) is 9.18 Å². The van der Waals surface area contributed by atoms with E-state index in [4.69, 9.17) is 19.9 Å². The fourth-order valence-electron chi connectivity index (χ4n) is 4.36. The van der Waals surface area contributed by atoms with Crippen LogP contribution in [0.1, 0.15) is 26.7 Å². The molecule has 1 fully saturated rings. The van der Waals surface area contributed by atoms with Crippen molar-refractivity contribution in [2.75, 3.05) is 25.6 Å². The number of amides is 2. The summed E-state index contributed by atoms with van der Waals surface area (Å²) in [5.74, 6) is -0.866. The average molecular weight is 521 g/mol. The lowest BCUT2D eigenvalue weighted by Gasteiger charge is -2.34. The third kappa shape index (κ3) is 5.56. The minimum Gasteiger partial charge on any atom is -0.490 e. The number of piperidine rings is 1. The van der Waals surface area contributed by atoms with Gasteiger partial charge in [0.2, 0.25) is 9.84 Å². The molecule has 36 heavy (non-hydrogen) atoms. The van der Waals surface area contributed by atoms with Crippen molar-refractivity contribution in [3.63, 3.8) is 0 Å². The number of likely N-dealkylation sites (tertiary alicyclic amines) is 1. The molecule has 0 unspecified atom stereocenters. The molecule has 2 aromatic carbocycles. The van der Waals surface area contributed by atoms with Gasteiger partial charge in [0, 0.05) is 13.1 Å². The van der Waals surface area contributed by atoms with Crippen molar-refractivity contribution in [3.8, 4) is 22.6 Å². The second kappa shape index (κ2) is 10.3. The number of hydrogen-bond acceptors (Lipinski definition) is 7. The summed E-state index contributed by atoms with van der Waals surface area (Å²) in [6.45, 7) is 4.84. The van der Waals surface area contributed by atoms with E-state index in [1.165, 1.54) is 12.1 Å². The first kappa shape index (κ1) is 25.7. The van der Waals surface area contributed by atoms with Gasteiger partial charge in [-0.25, -0.2) is 17.6 Å². The largest absolute Gasteiger partial charge is 0.490 e. The van der Waals surface area contributed by atoms with Crippen LogP contribution < -0.4 is 15.2 Å². The van der Waals surface area contributed by atoms with E-state index in [9.17, 15) is 22.4 Å². The number of halogens is 1. The van der Waals surface area contributed by atoms with E-state index >= 15 is 0 Å². The lowest BCUT2D eigenvalue weighted by atomic mass is 9.96. The average Bonchev–Trinajstić information content (AvgIpc) is 3.15. The topological polar surface area (TPSA) is 125 Å². The van der Waals surface area contributed by atoms with Crippen LogP contribution in [0.25, 0.3) is 11.1 Å². The Kier molecular flexibility index (Phi) is 7.39. The standard InChI is InChI=1S/C25H29FN2O7S/c1-15(2)23(35-25(27)30)24(29)28-9-7-16(8-10-28)13-33-20-5-3-17(11-19(20)26)18-4-6-22-21(12-18)34-14-36(22,31)32/h3-6,11-12,15-16,23H,7-10,13-14H2,1-2H3,(H2,27,30)/t23-/m0/s1. The summed E-state index contributed by atoms with van der Waals surface area (Å²) in [6.07, 6.45) is -0.546. The first-order valence-electron chi connectivity index (χ1n) is 11.7. The Hall–Kier alpha value is -3.34. The first-order chi connectivity index (χ1) is 17.0. The van der Waals surface area contributed by atoms with Crippen LogP contribution in [0.2, 0.25) is 0 Å². The Morgan fingerprint density at radius 3 is 2.44 bits per heavy atom. The monoisotopic (exact) mass is 520 g/mol. The van der Waals surface area contributed by atoms with Gasteiger partial charge in [-0.15, -0.1) is 0 Å². The van der Waals surface area contributed by atoms with Crippen molar-refractivity contribution in [2.24, 2.45) is 17.6 Å². The number of sulfone groups is 1. The van der Waals surface area contributed by atoms with E-state index in [0.717, 1.165) is 0 Å². The smallest absolute Gasteiger partial charge is 0.405 e. The zero-order valence-corrected chi connectivity index (χ0v) is 20.9. The number of primary amides is 1. The third-order valence-corrected chi connectivity index (χ3v) is 7.84. The molecule has 2 amide bonds. The molecule has 1 saturated heterocycles. The molecule has 0 spiro atoms. The predicted octanol–water partition coefficient (Wildman–Crippen LogP) is 3.35. The minimum atomic E-state index is -3.42. The van der Waals surface area contributed by atoms with E-state index < -0.39 is 27.9 Å². The minimum absolute atomic E-state index is 0.118. The summed E-state index contributed by atoms with van der Waals surface area (Å²) in [6, 6.07) is 9.26. The molecule has 2 N–H and O–H groups in total. The van der Waals surface area contributed by atoms with E-state index in [1.54, 1.807) is 43.0 Å². The van der Waals surface area contributed by atoms with E-state index in [1.807, 2.05) is 0 Å². The highest BCUT2D eigenvalue weighted by molar-refractivity contribution is 7.91. The molecular formula is C25H29FN2O7S. The van der Waals surface area contributed by atoms with Crippen molar-refractivity contribution in [3.05, 3.63) is 42.2 Å². The fourth-order valence-corrected chi connectivity index (χ4v) is 5.47. The number of rotatable bonds is 7. The maximum Gasteiger partial charge on any atom is 0.405 e. The van der Waals surface area contributed by atoms with Crippen molar-refractivity contribution in [1.82, 2.24) is 4.90 Å². The van der Waals surface area contributed by atoms with Crippen LogP contribution in [0, 0.1) is 17.7 Å². The zero-order chi connectivity index (χ0) is 26.0. The summed E-state index contributed by atoms with van der Waals surface area (Å²) in [5.41, 5.74) is 6.30. The molecule has 0 radical (unpaired) electrons. The van der Waals surface area contributed by atoms with Crippen LogP contribution in [0.5, 0.6) is 11.5 Å². The van der Waals surface area contributed by atoms with Gasteiger partial charge in [-0.3, -0.25) is 4.79 Å². The summed E-state index contributed by atoms with van der Waals surface area (Å²) in [5, 5.41) is 0. The van der Waals surface area contributed by atoms with Gasteiger partial charge in [0.1, 0.15) is 10.6 Å². The summed E-state index contributed by atoms with van der Waals surface area (Å²) < 4.78 is 54.5. The van der Waals surface area contributed by atoms with Gasteiger partial charge in [-0.2, -0.15) is 0 Å². The van der Waals surface area contributed by atoms with E-state index in [0.29, 0.717) is 43.7 Å². The van der Waals surface area contributed by atoms with Gasteiger partial charge >= 0.3 is 6.09 Å². The highest BCUT2D eigenvalue weighted by atomic mass is 32.2. The Bertz CT molecular complexity index is 1260. The Morgan fingerprint density at radius 1 is 1.14 bits per heavy atom. The molecule has 194 valence electrons. The number of hydrogen-bond donors (Lipinski definition) is 1. The van der Waals surface area contributed by atoms with Crippen LogP contribution in [0.15, 0.2) is 41.3 Å². The normalized spacial score (nSPS) is 17.8. The van der Waals surface area contributed by atoms with Crippen LogP contribution in [-0.4, -0.2) is 57.1 Å². The van der Waals surface area contributed by atoms with Crippen molar-refractivity contribution in [2.45, 2.75) is 37.7 Å². The first-order valence-corrected chi connectivity index (χ1v) is 13.4. The van der Waals surface area contributed by atoms with Crippen molar-refractivity contribution >= 4 is 21.8 Å². The number of nitrogens with two attached hydrogens (primary N) is 1. The number of fused-ring (bicyclic) bond motifs is 1. The van der Waals surface area contributed by atoms with E-state index in [-0.39, 0.29) is 40.1 Å². The number of carbonyl (C=O) groups is 2. The second-order valence-electron chi connectivity index (χ2n) is 9.36. The number of carbonyl (C=O) groups excluding carboxylic acids is 2. The Morgan fingerprint density at radius 2 is 1.81 bits per heavy atom. The molecule has 0 aromatic heterocycles. The molecule has 1 atom stereocenters. The van der Waals surface area contributed by atoms with Gasteiger partial charge in [0.15, 0.2) is 23.6 Å². The summed E-state index contributed by atoms with van der Waals surface area (Å²) in [4.78, 5) is 25.6. The molecular weight excluding hydrogens is 491 g/mol. The van der Waals surface area contributed by atoms with Crippen LogP contribution >= 0.6 is 0 Å². The third-order valence-electron chi connectivity index (χ3n) is 6.41. The van der Waals surface area contributed by atoms with Crippen molar-refractivity contribution < 1.29 is 36.6 Å². The molecule has 4 rings (SSSR count). The maximum atomic E-state index is 14.8. The quantitative estimate of drug-likeness (QED) is 0.593. The lowest BCUT2D eigenvalue weighted by molar-refractivity contribution is -0.144. The van der Waals surface area contributed by atoms with Crippen LogP contribution in [-0.2, 0) is 19.4 Å². The van der Waals surface area contributed by atoms with Gasteiger partial charge < -0.3 is 24.8 Å². The molecule has 11 heteroatoms. The number of nitrogens with zero attached hydrogens (tertiary/aromatic N) is 1. The Labute approximate surface area is 209 Å². The van der Waals surface area contributed by atoms with Gasteiger partial charge in [0.05, 0.1) is 6.61 Å².